The fourth-order valence-corrected chi connectivity index (χ4v) is 3.72. The fourth-order valence-electron chi connectivity index (χ4n) is 3.72. The van der Waals surface area contributed by atoms with Crippen LogP contribution in [0.2, 0.25) is 0 Å². The van der Waals surface area contributed by atoms with E-state index in [1.54, 1.807) is 24.5 Å². The van der Waals surface area contributed by atoms with Crippen molar-refractivity contribution in [2.24, 2.45) is 0 Å². The van der Waals surface area contributed by atoms with Crippen LogP contribution in [-0.2, 0) is 11.2 Å². The molecular weight excluding hydrogens is 418 g/mol. The van der Waals surface area contributed by atoms with E-state index in [9.17, 15) is 4.79 Å². The number of hydrogen-bond acceptors (Lipinski definition) is 6. The Morgan fingerprint density at radius 1 is 0.970 bits per heavy atom. The van der Waals surface area contributed by atoms with E-state index < -0.39 is 6.10 Å². The topological polar surface area (TPSA) is 82.6 Å². The highest BCUT2D eigenvalue weighted by Crippen LogP contribution is 2.40. The summed E-state index contributed by atoms with van der Waals surface area (Å²) in [5.41, 5.74) is 3.27. The second kappa shape index (κ2) is 9.00. The van der Waals surface area contributed by atoms with Crippen LogP contribution in [0.25, 0.3) is 11.1 Å². The fraction of sp³-hybridized carbons (Fsp3) is 0.115. The Morgan fingerprint density at radius 2 is 1.79 bits per heavy atom. The maximum atomic E-state index is 12.8. The van der Waals surface area contributed by atoms with Crippen LogP contribution in [0.3, 0.4) is 0 Å². The van der Waals surface area contributed by atoms with Crippen molar-refractivity contribution >= 4 is 11.6 Å². The molecule has 1 atom stereocenters. The molecule has 1 aliphatic heterocycles. The monoisotopic (exact) mass is 439 g/mol. The van der Waals surface area contributed by atoms with Crippen molar-refractivity contribution in [3.63, 3.8) is 0 Å². The lowest BCUT2D eigenvalue weighted by molar-refractivity contribution is -0.122. The summed E-state index contributed by atoms with van der Waals surface area (Å²) in [5.74, 6) is 2.13. The first-order valence-electron chi connectivity index (χ1n) is 10.5. The number of carbonyl (C=O) groups is 1. The molecule has 0 radical (unpaired) electrons. The second-order valence-electron chi connectivity index (χ2n) is 7.44. The molecule has 7 heteroatoms. The van der Waals surface area contributed by atoms with Gasteiger partial charge in [-0.1, -0.05) is 36.4 Å². The molecule has 164 valence electrons. The number of pyridine rings is 2. The quantitative estimate of drug-likeness (QED) is 0.461. The van der Waals surface area contributed by atoms with E-state index in [0.29, 0.717) is 29.6 Å². The minimum Gasteiger partial charge on any atom is -0.481 e. The number of nitrogens with zero attached hydrogens (tertiary/aromatic N) is 2. The maximum Gasteiger partial charge on any atom is 0.265 e. The predicted octanol–water partition coefficient (Wildman–Crippen LogP) is 4.89. The van der Waals surface area contributed by atoms with Crippen molar-refractivity contribution in [1.29, 1.82) is 0 Å². The van der Waals surface area contributed by atoms with Crippen LogP contribution in [0.5, 0.6) is 23.3 Å². The summed E-state index contributed by atoms with van der Waals surface area (Å²) in [5, 5.41) is 2.84. The summed E-state index contributed by atoms with van der Waals surface area (Å²) in [7, 11) is 1.54. The van der Waals surface area contributed by atoms with Crippen molar-refractivity contribution in [2.75, 3.05) is 12.4 Å². The van der Waals surface area contributed by atoms with Gasteiger partial charge in [-0.05, 0) is 35.9 Å². The molecular formula is C26H21N3O4. The predicted molar refractivity (Wildman–Crippen MR) is 124 cm³/mol. The summed E-state index contributed by atoms with van der Waals surface area (Å²) in [4.78, 5) is 21.3. The van der Waals surface area contributed by atoms with Crippen LogP contribution in [0, 0.1) is 0 Å². The average Bonchev–Trinajstić information content (AvgIpc) is 3.30. The van der Waals surface area contributed by atoms with E-state index in [1.807, 2.05) is 60.7 Å². The number of fused-ring (bicyclic) bond motifs is 1. The van der Waals surface area contributed by atoms with Gasteiger partial charge in [-0.15, -0.1) is 0 Å². The zero-order valence-electron chi connectivity index (χ0n) is 17.9. The van der Waals surface area contributed by atoms with Gasteiger partial charge in [0.25, 0.3) is 5.91 Å². The minimum absolute atomic E-state index is 0.264. The lowest BCUT2D eigenvalue weighted by Crippen LogP contribution is -2.31. The van der Waals surface area contributed by atoms with E-state index in [1.165, 1.54) is 7.11 Å². The zero-order chi connectivity index (χ0) is 22.6. The summed E-state index contributed by atoms with van der Waals surface area (Å²) in [6, 6.07) is 22.7. The molecule has 2 aromatic heterocycles. The third-order valence-corrected chi connectivity index (χ3v) is 5.31. The highest BCUT2D eigenvalue weighted by atomic mass is 16.5. The molecule has 0 aliphatic carbocycles. The third kappa shape index (κ3) is 4.34. The molecule has 33 heavy (non-hydrogen) atoms. The number of hydrogen-bond donors (Lipinski definition) is 1. The number of benzene rings is 2. The molecule has 4 aromatic rings. The van der Waals surface area contributed by atoms with Gasteiger partial charge in [0.2, 0.25) is 11.8 Å². The number of nitrogens with one attached hydrogen (secondary N) is 1. The number of amides is 1. The van der Waals surface area contributed by atoms with Gasteiger partial charge >= 0.3 is 0 Å². The van der Waals surface area contributed by atoms with E-state index in [0.717, 1.165) is 22.4 Å². The van der Waals surface area contributed by atoms with Crippen molar-refractivity contribution < 1.29 is 19.0 Å². The van der Waals surface area contributed by atoms with E-state index in [4.69, 9.17) is 14.2 Å². The number of carbonyl (C=O) groups excluding carboxylic acids is 1. The molecule has 0 saturated heterocycles. The molecule has 3 heterocycles. The molecule has 0 spiro atoms. The van der Waals surface area contributed by atoms with Gasteiger partial charge in [0.1, 0.15) is 11.5 Å². The van der Waals surface area contributed by atoms with Crippen LogP contribution in [0.1, 0.15) is 5.56 Å². The molecule has 1 unspecified atom stereocenters. The Balaban J connectivity index is 1.38. The highest BCUT2D eigenvalue weighted by molar-refractivity contribution is 5.95. The van der Waals surface area contributed by atoms with Crippen molar-refractivity contribution in [3.05, 3.63) is 90.8 Å². The summed E-state index contributed by atoms with van der Waals surface area (Å²) in [6.45, 7) is 0. The van der Waals surface area contributed by atoms with Crippen LogP contribution < -0.4 is 19.5 Å². The number of ether oxygens (including phenoxy) is 3. The molecule has 5 rings (SSSR count). The number of rotatable bonds is 6. The first-order chi connectivity index (χ1) is 16.2. The van der Waals surface area contributed by atoms with Crippen molar-refractivity contribution in [3.8, 4) is 34.4 Å². The third-order valence-electron chi connectivity index (χ3n) is 5.31. The number of para-hydroxylation sites is 2. The van der Waals surface area contributed by atoms with E-state index in [-0.39, 0.29) is 5.91 Å². The Labute approximate surface area is 191 Å². The van der Waals surface area contributed by atoms with E-state index in [2.05, 4.69) is 15.3 Å². The highest BCUT2D eigenvalue weighted by Gasteiger charge is 2.33. The SMILES string of the molecule is COc1ccc(NC(=O)C2Cc3c(-c4ccccc4Oc4ccccc4)ccnc3O2)cn1. The van der Waals surface area contributed by atoms with Gasteiger partial charge in [-0.3, -0.25) is 4.79 Å². The lowest BCUT2D eigenvalue weighted by Gasteiger charge is -2.13. The standard InChI is InChI=1S/C26H21N3O4/c1-31-24-12-11-17(16-28-24)29-25(30)23-15-21-19(13-14-27-26(21)33-23)20-9-5-6-10-22(20)32-18-7-3-2-4-8-18/h2-14,16,23H,15H2,1H3,(H,29,30). The van der Waals surface area contributed by atoms with Crippen LogP contribution in [-0.4, -0.2) is 29.1 Å². The van der Waals surface area contributed by atoms with Crippen molar-refractivity contribution in [1.82, 2.24) is 9.97 Å². The molecule has 0 bridgehead atoms. The molecule has 2 aromatic carbocycles. The molecule has 7 nitrogen and oxygen atoms in total. The number of anilines is 1. The largest absolute Gasteiger partial charge is 0.481 e. The van der Waals surface area contributed by atoms with Gasteiger partial charge in [0.15, 0.2) is 6.10 Å². The summed E-state index contributed by atoms with van der Waals surface area (Å²) in [6.07, 6.45) is 2.92. The Bertz CT molecular complexity index is 1280. The van der Waals surface area contributed by atoms with Gasteiger partial charge in [-0.2, -0.15) is 0 Å². The summed E-state index contributed by atoms with van der Waals surface area (Å²) < 4.78 is 17.1. The Hall–Kier alpha value is -4.39. The van der Waals surface area contributed by atoms with Crippen LogP contribution in [0.4, 0.5) is 5.69 Å². The molecule has 0 saturated carbocycles. The smallest absolute Gasteiger partial charge is 0.265 e. The lowest BCUT2D eigenvalue weighted by atomic mass is 9.98. The minimum atomic E-state index is -0.696. The van der Waals surface area contributed by atoms with Gasteiger partial charge in [-0.25, -0.2) is 9.97 Å². The van der Waals surface area contributed by atoms with Crippen LogP contribution >= 0.6 is 0 Å². The average molecular weight is 439 g/mol. The molecule has 1 aliphatic rings. The first-order valence-corrected chi connectivity index (χ1v) is 10.5. The molecule has 1 amide bonds. The summed E-state index contributed by atoms with van der Waals surface area (Å²) >= 11 is 0. The number of methoxy groups -OCH3 is 1. The first kappa shape index (κ1) is 20.5. The van der Waals surface area contributed by atoms with Crippen molar-refractivity contribution in [2.45, 2.75) is 12.5 Å². The molecule has 1 N–H and O–H groups in total. The second-order valence-corrected chi connectivity index (χ2v) is 7.44. The Kier molecular flexibility index (Phi) is 5.59. The van der Waals surface area contributed by atoms with Gasteiger partial charge in [0.05, 0.1) is 19.0 Å². The Morgan fingerprint density at radius 3 is 2.58 bits per heavy atom. The van der Waals surface area contributed by atoms with Gasteiger partial charge < -0.3 is 19.5 Å². The van der Waals surface area contributed by atoms with Crippen LogP contribution in [0.15, 0.2) is 85.2 Å². The maximum absolute atomic E-state index is 12.8. The van der Waals surface area contributed by atoms with E-state index >= 15 is 0 Å². The number of aromatic nitrogens is 2. The van der Waals surface area contributed by atoms with Gasteiger partial charge in [0, 0.05) is 29.8 Å². The zero-order valence-corrected chi connectivity index (χ0v) is 17.9. The molecule has 0 fully saturated rings. The normalized spacial score (nSPS) is 14.2.